The van der Waals surface area contributed by atoms with E-state index in [1.54, 1.807) is 6.07 Å². The lowest BCUT2D eigenvalue weighted by atomic mass is 10.2. The van der Waals surface area contributed by atoms with E-state index in [9.17, 15) is 9.18 Å². The molecule has 8 nitrogen and oxygen atoms in total. The standard InChI is InChI=1S/C11H7FN6O2/c12-8-2-1-6(11(19)20)3-9(8)14-5-7(4-13)10-15-17-18-16-10/h1-3,5,14H,(H,19,20)(H,15,16,17,18). The number of hydrogen-bond acceptors (Lipinski definition) is 6. The Hall–Kier alpha value is -3.28. The van der Waals surface area contributed by atoms with E-state index < -0.39 is 11.8 Å². The van der Waals surface area contributed by atoms with Crippen molar-refractivity contribution in [1.82, 2.24) is 20.6 Å². The Morgan fingerprint density at radius 1 is 1.55 bits per heavy atom. The van der Waals surface area contributed by atoms with Crippen molar-refractivity contribution in [1.29, 1.82) is 5.26 Å². The number of carboxylic acids is 1. The molecule has 1 heterocycles. The first kappa shape index (κ1) is 13.2. The number of carboxylic acid groups (broad SMARTS) is 1. The number of halogens is 1. The second-order valence-corrected chi connectivity index (χ2v) is 3.55. The molecule has 1 aromatic heterocycles. The summed E-state index contributed by atoms with van der Waals surface area (Å²) in [6.07, 6.45) is 1.16. The number of benzene rings is 1. The van der Waals surface area contributed by atoms with E-state index in [0.29, 0.717) is 0 Å². The summed E-state index contributed by atoms with van der Waals surface area (Å²) >= 11 is 0. The van der Waals surface area contributed by atoms with Gasteiger partial charge in [0.25, 0.3) is 0 Å². The average Bonchev–Trinajstić information content (AvgIpc) is 2.95. The topological polar surface area (TPSA) is 128 Å². The van der Waals surface area contributed by atoms with E-state index in [1.807, 2.05) is 0 Å². The molecule has 0 atom stereocenters. The SMILES string of the molecule is N#CC(=CNc1cc(C(=O)O)ccc1F)c1nn[nH]n1. The first-order valence-electron chi connectivity index (χ1n) is 5.25. The highest BCUT2D eigenvalue weighted by Gasteiger charge is 2.09. The number of carbonyl (C=O) groups is 1. The van der Waals surface area contributed by atoms with Crippen LogP contribution >= 0.6 is 0 Å². The summed E-state index contributed by atoms with van der Waals surface area (Å²) < 4.78 is 13.5. The number of aromatic carboxylic acids is 1. The highest BCUT2D eigenvalue weighted by molar-refractivity contribution is 5.89. The van der Waals surface area contributed by atoms with Gasteiger partial charge in [0, 0.05) is 6.20 Å². The lowest BCUT2D eigenvalue weighted by molar-refractivity contribution is 0.0697. The fraction of sp³-hybridized carbons (Fsp3) is 0. The van der Waals surface area contributed by atoms with Crippen LogP contribution in [0.1, 0.15) is 16.2 Å². The molecule has 1 aromatic carbocycles. The van der Waals surface area contributed by atoms with E-state index in [-0.39, 0.29) is 22.6 Å². The Morgan fingerprint density at radius 2 is 2.35 bits per heavy atom. The summed E-state index contributed by atoms with van der Waals surface area (Å²) in [5.41, 5.74) is -0.152. The summed E-state index contributed by atoms with van der Waals surface area (Å²) in [7, 11) is 0. The molecule has 0 unspecified atom stereocenters. The van der Waals surface area contributed by atoms with Crippen molar-refractivity contribution in [3.8, 4) is 6.07 Å². The molecule has 0 amide bonds. The number of allylic oxidation sites excluding steroid dienone is 1. The molecule has 3 N–H and O–H groups in total. The van der Waals surface area contributed by atoms with Gasteiger partial charge in [0.15, 0.2) is 0 Å². The Bertz CT molecular complexity index is 704. The average molecular weight is 274 g/mol. The van der Waals surface area contributed by atoms with Gasteiger partial charge < -0.3 is 10.4 Å². The van der Waals surface area contributed by atoms with Gasteiger partial charge in [-0.05, 0) is 23.4 Å². The third-order valence-corrected chi connectivity index (χ3v) is 2.29. The van der Waals surface area contributed by atoms with Crippen LogP contribution in [0.25, 0.3) is 5.57 Å². The highest BCUT2D eigenvalue weighted by atomic mass is 19.1. The molecule has 9 heteroatoms. The molecular weight excluding hydrogens is 267 g/mol. The molecule has 0 spiro atoms. The zero-order chi connectivity index (χ0) is 14.5. The third-order valence-electron chi connectivity index (χ3n) is 2.29. The van der Waals surface area contributed by atoms with Gasteiger partial charge in [0.1, 0.15) is 17.5 Å². The van der Waals surface area contributed by atoms with Crippen molar-refractivity contribution in [3.63, 3.8) is 0 Å². The van der Waals surface area contributed by atoms with Gasteiger partial charge in [-0.2, -0.15) is 10.5 Å². The van der Waals surface area contributed by atoms with E-state index >= 15 is 0 Å². The minimum atomic E-state index is -1.18. The molecule has 0 aliphatic carbocycles. The Kier molecular flexibility index (Phi) is 3.67. The Labute approximate surface area is 111 Å². The zero-order valence-electron chi connectivity index (χ0n) is 9.83. The first-order valence-corrected chi connectivity index (χ1v) is 5.25. The summed E-state index contributed by atoms with van der Waals surface area (Å²) in [5, 5.41) is 32.9. The minimum Gasteiger partial charge on any atom is -0.478 e. The van der Waals surface area contributed by atoms with Crippen molar-refractivity contribution in [3.05, 3.63) is 41.6 Å². The molecule has 20 heavy (non-hydrogen) atoms. The van der Waals surface area contributed by atoms with Crippen molar-refractivity contribution in [2.45, 2.75) is 0 Å². The molecule has 2 aromatic rings. The maximum atomic E-state index is 13.5. The molecule has 0 saturated heterocycles. The van der Waals surface area contributed by atoms with E-state index in [2.05, 4.69) is 25.9 Å². The minimum absolute atomic E-state index is 0.0129. The zero-order valence-corrected chi connectivity index (χ0v) is 9.83. The number of tetrazole rings is 1. The lowest BCUT2D eigenvalue weighted by Crippen LogP contribution is -2.00. The molecule has 2 rings (SSSR count). The summed E-state index contributed by atoms with van der Waals surface area (Å²) in [6, 6.07) is 5.07. The van der Waals surface area contributed by atoms with Crippen LogP contribution in [0.4, 0.5) is 10.1 Å². The lowest BCUT2D eigenvalue weighted by Gasteiger charge is -2.04. The van der Waals surface area contributed by atoms with Crippen LogP contribution in [-0.4, -0.2) is 31.7 Å². The van der Waals surface area contributed by atoms with Gasteiger partial charge >= 0.3 is 5.97 Å². The predicted octanol–water partition coefficient (Wildman–Crippen LogP) is 1.01. The van der Waals surface area contributed by atoms with Gasteiger partial charge in [-0.1, -0.05) is 0 Å². The second kappa shape index (κ2) is 5.57. The van der Waals surface area contributed by atoms with E-state index in [4.69, 9.17) is 10.4 Å². The molecule has 0 bridgehead atoms. The summed E-state index contributed by atoms with van der Waals surface area (Å²) in [4.78, 5) is 10.8. The number of H-pyrrole nitrogens is 1. The first-order chi connectivity index (χ1) is 9.61. The number of aromatic amines is 1. The maximum absolute atomic E-state index is 13.5. The smallest absolute Gasteiger partial charge is 0.335 e. The van der Waals surface area contributed by atoms with Crippen LogP contribution in [0.3, 0.4) is 0 Å². The molecule has 0 saturated carbocycles. The molecule has 100 valence electrons. The predicted molar refractivity (Wildman–Crippen MR) is 64.7 cm³/mol. The number of anilines is 1. The second-order valence-electron chi connectivity index (χ2n) is 3.55. The van der Waals surface area contributed by atoms with Gasteiger partial charge in [-0.3, -0.25) is 0 Å². The van der Waals surface area contributed by atoms with Gasteiger partial charge in [0.05, 0.1) is 11.3 Å². The number of nitrogens with one attached hydrogen (secondary N) is 2. The Morgan fingerprint density at radius 3 is 2.95 bits per heavy atom. The van der Waals surface area contributed by atoms with Gasteiger partial charge in [0.2, 0.25) is 5.82 Å². The van der Waals surface area contributed by atoms with Crippen LogP contribution < -0.4 is 5.32 Å². The number of rotatable bonds is 4. The van der Waals surface area contributed by atoms with Crippen molar-refractivity contribution in [2.75, 3.05) is 5.32 Å². The normalized spacial score (nSPS) is 10.9. The van der Waals surface area contributed by atoms with Crippen LogP contribution in [0.15, 0.2) is 24.4 Å². The van der Waals surface area contributed by atoms with Crippen molar-refractivity contribution in [2.24, 2.45) is 0 Å². The van der Waals surface area contributed by atoms with Crippen LogP contribution in [0, 0.1) is 17.1 Å². The Balaban J connectivity index is 2.28. The summed E-state index contributed by atoms with van der Waals surface area (Å²) in [5.74, 6) is -1.80. The fourth-order valence-electron chi connectivity index (χ4n) is 1.34. The molecular formula is C11H7FN6O2. The monoisotopic (exact) mass is 274 g/mol. The molecule has 0 fully saturated rings. The fourth-order valence-corrected chi connectivity index (χ4v) is 1.34. The molecule has 0 radical (unpaired) electrons. The van der Waals surface area contributed by atoms with E-state index in [1.165, 1.54) is 0 Å². The number of hydrogen-bond donors (Lipinski definition) is 3. The van der Waals surface area contributed by atoms with Crippen LogP contribution in [0.2, 0.25) is 0 Å². The number of nitrogens with zero attached hydrogens (tertiary/aromatic N) is 4. The van der Waals surface area contributed by atoms with Crippen LogP contribution in [-0.2, 0) is 0 Å². The van der Waals surface area contributed by atoms with Gasteiger partial charge in [-0.15, -0.1) is 10.2 Å². The van der Waals surface area contributed by atoms with Crippen molar-refractivity contribution >= 4 is 17.2 Å². The van der Waals surface area contributed by atoms with E-state index in [0.717, 1.165) is 24.4 Å². The van der Waals surface area contributed by atoms with Crippen LogP contribution in [0.5, 0.6) is 0 Å². The summed E-state index contributed by atoms with van der Waals surface area (Å²) in [6.45, 7) is 0. The van der Waals surface area contributed by atoms with Gasteiger partial charge in [-0.25, -0.2) is 9.18 Å². The number of aromatic nitrogens is 4. The van der Waals surface area contributed by atoms with Crippen molar-refractivity contribution < 1.29 is 14.3 Å². The molecule has 0 aliphatic heterocycles. The largest absolute Gasteiger partial charge is 0.478 e. The number of nitriles is 1. The highest BCUT2D eigenvalue weighted by Crippen LogP contribution is 2.17. The maximum Gasteiger partial charge on any atom is 0.335 e. The third kappa shape index (κ3) is 2.75. The quantitative estimate of drug-likeness (QED) is 0.710. The molecule has 0 aliphatic rings.